The monoisotopic (exact) mass is 498 g/mol. The van der Waals surface area contributed by atoms with Gasteiger partial charge in [0.15, 0.2) is 5.82 Å². The fourth-order valence-electron chi connectivity index (χ4n) is 5.88. The number of aryl methyl sites for hydroxylation is 2. The molecule has 1 aliphatic rings. The molecule has 1 fully saturated rings. The molecule has 2 aromatic carbocycles. The van der Waals surface area contributed by atoms with Gasteiger partial charge in [0, 0.05) is 24.0 Å². The van der Waals surface area contributed by atoms with Crippen LogP contribution in [0.15, 0.2) is 53.3 Å². The van der Waals surface area contributed by atoms with E-state index in [0.29, 0.717) is 12.6 Å². The quantitative estimate of drug-likeness (QED) is 0.321. The van der Waals surface area contributed by atoms with Gasteiger partial charge < -0.3 is 4.98 Å². The second kappa shape index (κ2) is 11.0. The number of nitrogens with one attached hydrogen (secondary N) is 1. The van der Waals surface area contributed by atoms with Crippen LogP contribution in [0.5, 0.6) is 0 Å². The maximum atomic E-state index is 13.3. The summed E-state index contributed by atoms with van der Waals surface area (Å²) in [7, 11) is 0. The molecule has 0 bridgehead atoms. The minimum atomic E-state index is -0.0243. The summed E-state index contributed by atoms with van der Waals surface area (Å²) in [6, 6.07) is 17.2. The predicted molar refractivity (Wildman–Crippen MR) is 147 cm³/mol. The second-order valence-electron chi connectivity index (χ2n) is 10.9. The number of aromatic amines is 1. The van der Waals surface area contributed by atoms with Crippen LogP contribution in [0.3, 0.4) is 0 Å². The molecular weight excluding hydrogens is 460 g/mol. The highest BCUT2D eigenvalue weighted by Crippen LogP contribution is 2.35. The third kappa shape index (κ3) is 5.37. The minimum Gasteiger partial charge on any atom is -0.321 e. The fraction of sp³-hybridized carbons (Fsp3) is 0.467. The Balaban J connectivity index is 1.54. The molecule has 0 spiro atoms. The second-order valence-corrected chi connectivity index (χ2v) is 10.9. The fourth-order valence-corrected chi connectivity index (χ4v) is 5.88. The summed E-state index contributed by atoms with van der Waals surface area (Å²) < 4.78 is 2.07. The highest BCUT2D eigenvalue weighted by atomic mass is 16.1. The molecule has 1 aliphatic carbocycles. The van der Waals surface area contributed by atoms with E-state index in [-0.39, 0.29) is 17.5 Å². The summed E-state index contributed by atoms with van der Waals surface area (Å²) in [5, 5.41) is 14.3. The van der Waals surface area contributed by atoms with Crippen molar-refractivity contribution >= 4 is 10.9 Å². The van der Waals surface area contributed by atoms with E-state index >= 15 is 0 Å². The third-order valence-electron chi connectivity index (χ3n) is 7.90. The molecule has 2 aromatic heterocycles. The first-order valence-corrected chi connectivity index (χ1v) is 13.6. The lowest BCUT2D eigenvalue weighted by atomic mass is 9.98. The smallest absolute Gasteiger partial charge is 0.252 e. The SMILES string of the molecule is Cc1ccc(C)c2[nH]c(=O)c(CN(CCc3ccccc3)[C@@H](c3nnnn3C3CCCC3)C(C)C)cc12. The van der Waals surface area contributed by atoms with Crippen molar-refractivity contribution in [1.82, 2.24) is 30.1 Å². The molecule has 194 valence electrons. The summed E-state index contributed by atoms with van der Waals surface area (Å²) in [6.45, 7) is 9.93. The number of rotatable bonds is 9. The van der Waals surface area contributed by atoms with Crippen molar-refractivity contribution in [2.45, 2.75) is 78.4 Å². The third-order valence-corrected chi connectivity index (χ3v) is 7.90. The maximum absolute atomic E-state index is 13.3. The summed E-state index contributed by atoms with van der Waals surface area (Å²) in [5.41, 5.74) is 5.21. The summed E-state index contributed by atoms with van der Waals surface area (Å²) in [5.74, 6) is 1.18. The zero-order valence-corrected chi connectivity index (χ0v) is 22.4. The Hall–Kier alpha value is -3.32. The normalized spacial score (nSPS) is 15.3. The first kappa shape index (κ1) is 25.3. The zero-order chi connectivity index (χ0) is 25.9. The zero-order valence-electron chi connectivity index (χ0n) is 22.4. The van der Waals surface area contributed by atoms with E-state index < -0.39 is 0 Å². The van der Waals surface area contributed by atoms with Crippen molar-refractivity contribution in [3.05, 3.63) is 87.0 Å². The van der Waals surface area contributed by atoms with Gasteiger partial charge in [-0.15, -0.1) is 5.10 Å². The van der Waals surface area contributed by atoms with Crippen molar-refractivity contribution in [3.63, 3.8) is 0 Å². The van der Waals surface area contributed by atoms with Crippen LogP contribution in [-0.4, -0.2) is 36.6 Å². The first-order chi connectivity index (χ1) is 17.9. The van der Waals surface area contributed by atoms with E-state index in [1.165, 1.54) is 24.0 Å². The summed E-state index contributed by atoms with van der Waals surface area (Å²) in [4.78, 5) is 18.9. The number of benzene rings is 2. The van der Waals surface area contributed by atoms with Crippen molar-refractivity contribution in [2.75, 3.05) is 6.54 Å². The predicted octanol–water partition coefficient (Wildman–Crippen LogP) is 5.69. The first-order valence-electron chi connectivity index (χ1n) is 13.6. The maximum Gasteiger partial charge on any atom is 0.252 e. The number of nitrogens with zero attached hydrogens (tertiary/aromatic N) is 5. The lowest BCUT2D eigenvalue weighted by Crippen LogP contribution is -2.37. The number of H-pyrrole nitrogens is 1. The number of fused-ring (bicyclic) bond motifs is 1. The molecule has 37 heavy (non-hydrogen) atoms. The summed E-state index contributed by atoms with van der Waals surface area (Å²) >= 11 is 0. The number of hydrogen-bond donors (Lipinski definition) is 1. The van der Waals surface area contributed by atoms with E-state index in [2.05, 4.69) is 93.3 Å². The van der Waals surface area contributed by atoms with E-state index in [4.69, 9.17) is 0 Å². The van der Waals surface area contributed by atoms with E-state index in [1.54, 1.807) is 0 Å². The minimum absolute atomic E-state index is 0.00647. The molecule has 0 radical (unpaired) electrons. The molecule has 7 heteroatoms. The van der Waals surface area contributed by atoms with Crippen LogP contribution in [0.25, 0.3) is 10.9 Å². The van der Waals surface area contributed by atoms with Crippen LogP contribution < -0.4 is 5.56 Å². The van der Waals surface area contributed by atoms with Crippen LogP contribution in [0, 0.1) is 19.8 Å². The largest absolute Gasteiger partial charge is 0.321 e. The number of hydrogen-bond acceptors (Lipinski definition) is 5. The number of tetrazole rings is 1. The van der Waals surface area contributed by atoms with Crippen molar-refractivity contribution in [1.29, 1.82) is 0 Å². The highest BCUT2D eigenvalue weighted by Gasteiger charge is 2.32. The lowest BCUT2D eigenvalue weighted by molar-refractivity contribution is 0.133. The topological polar surface area (TPSA) is 79.7 Å². The molecule has 5 rings (SSSR count). The molecule has 1 saturated carbocycles. The standard InChI is InChI=1S/C30H38N6O/c1-20(2)28(29-32-33-34-36(29)25-12-8-9-13-25)35(17-16-23-10-6-5-7-11-23)19-24-18-26-21(3)14-15-22(4)27(26)31-30(24)37/h5-7,10-11,14-15,18,20,25,28H,8-9,12-13,16-17,19H2,1-4H3,(H,31,37)/t28-/m1/s1. The average Bonchev–Trinajstić information content (AvgIpc) is 3.58. The Morgan fingerprint density at radius 1 is 1.05 bits per heavy atom. The van der Waals surface area contributed by atoms with E-state index in [9.17, 15) is 4.79 Å². The van der Waals surface area contributed by atoms with E-state index in [1.807, 2.05) is 13.0 Å². The number of pyridine rings is 1. The van der Waals surface area contributed by atoms with Gasteiger partial charge in [-0.1, -0.05) is 69.2 Å². The molecule has 0 amide bonds. The molecule has 1 atom stereocenters. The molecule has 0 unspecified atom stereocenters. The van der Waals surface area contributed by atoms with Crippen molar-refractivity contribution < 1.29 is 0 Å². The van der Waals surface area contributed by atoms with Crippen molar-refractivity contribution in [3.8, 4) is 0 Å². The Bertz CT molecular complexity index is 1400. The van der Waals surface area contributed by atoms with Gasteiger partial charge in [-0.05, 0) is 72.2 Å². The molecule has 0 saturated heterocycles. The van der Waals surface area contributed by atoms with Gasteiger partial charge >= 0.3 is 0 Å². The van der Waals surface area contributed by atoms with Gasteiger partial charge in [0.25, 0.3) is 5.56 Å². The van der Waals surface area contributed by atoms with Gasteiger partial charge in [0.1, 0.15) is 0 Å². The Morgan fingerprint density at radius 3 is 2.51 bits per heavy atom. The molecule has 0 aliphatic heterocycles. The molecule has 2 heterocycles. The lowest BCUT2D eigenvalue weighted by Gasteiger charge is -2.34. The Labute approximate surface area is 218 Å². The average molecular weight is 499 g/mol. The Morgan fingerprint density at radius 2 is 1.78 bits per heavy atom. The van der Waals surface area contributed by atoms with Crippen molar-refractivity contribution in [2.24, 2.45) is 5.92 Å². The molecule has 4 aromatic rings. The molecule has 7 nitrogen and oxygen atoms in total. The van der Waals surface area contributed by atoms with Gasteiger partial charge in [-0.3, -0.25) is 9.69 Å². The van der Waals surface area contributed by atoms with Crippen LogP contribution in [0.1, 0.15) is 79.7 Å². The van der Waals surface area contributed by atoms with Crippen LogP contribution in [-0.2, 0) is 13.0 Å². The summed E-state index contributed by atoms with van der Waals surface area (Å²) in [6.07, 6.45) is 5.57. The Kier molecular flexibility index (Phi) is 7.51. The molecule has 1 N–H and O–H groups in total. The van der Waals surface area contributed by atoms with Crippen LogP contribution in [0.2, 0.25) is 0 Å². The van der Waals surface area contributed by atoms with Crippen LogP contribution >= 0.6 is 0 Å². The molecular formula is C30H38N6O. The van der Waals surface area contributed by atoms with Gasteiger partial charge in [-0.25, -0.2) is 4.68 Å². The van der Waals surface area contributed by atoms with Crippen LogP contribution in [0.4, 0.5) is 0 Å². The highest BCUT2D eigenvalue weighted by molar-refractivity contribution is 5.85. The van der Waals surface area contributed by atoms with Gasteiger partial charge in [0.2, 0.25) is 0 Å². The van der Waals surface area contributed by atoms with E-state index in [0.717, 1.165) is 53.7 Å². The van der Waals surface area contributed by atoms with Gasteiger partial charge in [0.05, 0.1) is 17.6 Å². The van der Waals surface area contributed by atoms with Gasteiger partial charge in [-0.2, -0.15) is 0 Å². The number of aromatic nitrogens is 5.